The maximum atomic E-state index is 12.6. The summed E-state index contributed by atoms with van der Waals surface area (Å²) < 4.78 is 2.81. The summed E-state index contributed by atoms with van der Waals surface area (Å²) in [5, 5.41) is 11.5. The molecule has 7 heteroatoms. The molecular weight excluding hydrogens is 430 g/mol. The van der Waals surface area contributed by atoms with Crippen molar-refractivity contribution in [2.24, 2.45) is 0 Å². The smallest absolute Gasteiger partial charge is 0.251 e. The van der Waals surface area contributed by atoms with Gasteiger partial charge in [0.15, 0.2) is 11.5 Å². The SMILES string of the molecule is CN(C)c1ccc(CNC(=O)c2ccn3c(-c4ccccc4Br)nnc3c2)cc1. The van der Waals surface area contributed by atoms with Crippen molar-refractivity contribution in [3.05, 3.63) is 82.5 Å². The summed E-state index contributed by atoms with van der Waals surface area (Å²) in [6.45, 7) is 0.465. The Kier molecular flexibility index (Phi) is 5.31. The second-order valence-corrected chi connectivity index (χ2v) is 7.74. The minimum absolute atomic E-state index is 0.144. The molecule has 0 radical (unpaired) electrons. The van der Waals surface area contributed by atoms with E-state index in [4.69, 9.17) is 0 Å². The van der Waals surface area contributed by atoms with E-state index in [0.29, 0.717) is 17.8 Å². The molecule has 146 valence electrons. The van der Waals surface area contributed by atoms with Gasteiger partial charge in [0.25, 0.3) is 5.91 Å². The Balaban J connectivity index is 1.51. The molecule has 0 aliphatic carbocycles. The van der Waals surface area contributed by atoms with Gasteiger partial charge in [-0.3, -0.25) is 9.20 Å². The predicted octanol–water partition coefficient (Wildman–Crippen LogP) is 4.15. The number of benzene rings is 2. The van der Waals surface area contributed by atoms with E-state index < -0.39 is 0 Å². The van der Waals surface area contributed by atoms with Gasteiger partial charge in [0.1, 0.15) is 0 Å². The zero-order valence-corrected chi connectivity index (χ0v) is 17.7. The molecule has 0 bridgehead atoms. The zero-order chi connectivity index (χ0) is 20.4. The number of fused-ring (bicyclic) bond motifs is 1. The number of hydrogen-bond donors (Lipinski definition) is 1. The van der Waals surface area contributed by atoms with Crippen LogP contribution in [0.5, 0.6) is 0 Å². The normalized spacial score (nSPS) is 10.9. The van der Waals surface area contributed by atoms with Crippen molar-refractivity contribution in [3.63, 3.8) is 0 Å². The van der Waals surface area contributed by atoms with Gasteiger partial charge >= 0.3 is 0 Å². The Labute approximate surface area is 177 Å². The van der Waals surface area contributed by atoms with E-state index in [1.165, 1.54) is 0 Å². The summed E-state index contributed by atoms with van der Waals surface area (Å²) in [5.74, 6) is 0.579. The summed E-state index contributed by atoms with van der Waals surface area (Å²) in [7, 11) is 4.00. The molecule has 0 fully saturated rings. The first-order valence-electron chi connectivity index (χ1n) is 9.17. The highest BCUT2D eigenvalue weighted by Gasteiger charge is 2.13. The molecule has 4 aromatic rings. The molecule has 4 rings (SSSR count). The molecule has 1 amide bonds. The minimum atomic E-state index is -0.144. The van der Waals surface area contributed by atoms with Crippen LogP contribution in [0.4, 0.5) is 5.69 Å². The lowest BCUT2D eigenvalue weighted by molar-refractivity contribution is 0.0951. The molecule has 2 aromatic heterocycles. The number of halogens is 1. The van der Waals surface area contributed by atoms with Gasteiger partial charge in [0, 0.05) is 48.1 Å². The number of nitrogens with zero attached hydrogens (tertiary/aromatic N) is 4. The summed E-state index contributed by atoms with van der Waals surface area (Å²) in [6, 6.07) is 19.5. The molecule has 0 saturated carbocycles. The highest BCUT2D eigenvalue weighted by Crippen LogP contribution is 2.27. The Morgan fingerprint density at radius 1 is 1.07 bits per heavy atom. The maximum Gasteiger partial charge on any atom is 0.251 e. The van der Waals surface area contributed by atoms with Crippen molar-refractivity contribution >= 4 is 33.2 Å². The van der Waals surface area contributed by atoms with Gasteiger partial charge in [-0.1, -0.05) is 46.3 Å². The molecule has 0 spiro atoms. The number of amides is 1. The monoisotopic (exact) mass is 449 g/mol. The molecule has 0 unspecified atom stereocenters. The lowest BCUT2D eigenvalue weighted by Gasteiger charge is -2.13. The highest BCUT2D eigenvalue weighted by molar-refractivity contribution is 9.10. The number of hydrogen-bond acceptors (Lipinski definition) is 4. The van der Waals surface area contributed by atoms with Crippen LogP contribution in [0.25, 0.3) is 17.0 Å². The Morgan fingerprint density at radius 2 is 1.83 bits per heavy atom. The van der Waals surface area contributed by atoms with Crippen LogP contribution in [0.2, 0.25) is 0 Å². The standard InChI is InChI=1S/C22H20BrN5O/c1-27(2)17-9-7-15(8-10-17)14-24-22(29)16-11-12-28-20(13-16)25-26-21(28)18-5-3-4-6-19(18)23/h3-13H,14H2,1-2H3,(H,24,29). The Hall–Kier alpha value is -3.19. The summed E-state index contributed by atoms with van der Waals surface area (Å²) >= 11 is 3.55. The van der Waals surface area contributed by atoms with Gasteiger partial charge in [0.2, 0.25) is 0 Å². The minimum Gasteiger partial charge on any atom is -0.378 e. The number of carbonyl (C=O) groups is 1. The number of rotatable bonds is 5. The molecule has 0 saturated heterocycles. The lowest BCUT2D eigenvalue weighted by Crippen LogP contribution is -2.23. The summed E-state index contributed by atoms with van der Waals surface area (Å²) in [6.07, 6.45) is 1.82. The van der Waals surface area contributed by atoms with Gasteiger partial charge < -0.3 is 10.2 Å². The molecule has 6 nitrogen and oxygen atoms in total. The number of nitrogens with one attached hydrogen (secondary N) is 1. The Morgan fingerprint density at radius 3 is 2.55 bits per heavy atom. The third kappa shape index (κ3) is 4.00. The molecule has 0 aliphatic rings. The van der Waals surface area contributed by atoms with Crippen LogP contribution in [-0.4, -0.2) is 34.6 Å². The van der Waals surface area contributed by atoms with Crippen molar-refractivity contribution in [1.29, 1.82) is 0 Å². The number of aromatic nitrogens is 3. The van der Waals surface area contributed by atoms with Crippen molar-refractivity contribution in [2.45, 2.75) is 6.54 Å². The van der Waals surface area contributed by atoms with Crippen LogP contribution in [0.3, 0.4) is 0 Å². The molecule has 0 aliphatic heterocycles. The van der Waals surface area contributed by atoms with Gasteiger partial charge in [0.05, 0.1) is 0 Å². The molecule has 1 N–H and O–H groups in total. The molecule has 0 atom stereocenters. The highest BCUT2D eigenvalue weighted by atomic mass is 79.9. The second kappa shape index (κ2) is 8.05. The maximum absolute atomic E-state index is 12.6. The van der Waals surface area contributed by atoms with Gasteiger partial charge in [-0.05, 0) is 35.9 Å². The van der Waals surface area contributed by atoms with Gasteiger partial charge in [-0.15, -0.1) is 10.2 Å². The molecule has 2 aromatic carbocycles. The topological polar surface area (TPSA) is 62.5 Å². The first-order chi connectivity index (χ1) is 14.0. The van der Waals surface area contributed by atoms with Crippen molar-refractivity contribution in [2.75, 3.05) is 19.0 Å². The first-order valence-corrected chi connectivity index (χ1v) is 9.96. The van der Waals surface area contributed by atoms with Crippen LogP contribution in [0.1, 0.15) is 15.9 Å². The van der Waals surface area contributed by atoms with Gasteiger partial charge in [-0.25, -0.2) is 0 Å². The van der Waals surface area contributed by atoms with Crippen molar-refractivity contribution < 1.29 is 4.79 Å². The van der Waals surface area contributed by atoms with E-state index in [9.17, 15) is 4.79 Å². The molecular formula is C22H20BrN5O. The number of pyridine rings is 1. The summed E-state index contributed by atoms with van der Waals surface area (Å²) in [4.78, 5) is 14.6. The van der Waals surface area contributed by atoms with Crippen LogP contribution in [0, 0.1) is 0 Å². The average molecular weight is 450 g/mol. The predicted molar refractivity (Wildman–Crippen MR) is 118 cm³/mol. The summed E-state index contributed by atoms with van der Waals surface area (Å²) in [5.41, 5.74) is 4.28. The van der Waals surface area contributed by atoms with E-state index in [1.54, 1.807) is 12.1 Å². The fourth-order valence-corrected chi connectivity index (χ4v) is 3.52. The molecule has 29 heavy (non-hydrogen) atoms. The quantitative estimate of drug-likeness (QED) is 0.496. The van der Waals surface area contributed by atoms with Crippen LogP contribution in [-0.2, 0) is 6.54 Å². The number of anilines is 1. The van der Waals surface area contributed by atoms with Crippen LogP contribution < -0.4 is 10.2 Å². The third-order valence-electron chi connectivity index (χ3n) is 4.69. The third-order valence-corrected chi connectivity index (χ3v) is 5.38. The van der Waals surface area contributed by atoms with E-state index in [2.05, 4.69) is 31.4 Å². The fourth-order valence-electron chi connectivity index (χ4n) is 3.05. The van der Waals surface area contributed by atoms with Crippen molar-refractivity contribution in [3.8, 4) is 11.4 Å². The Bertz CT molecular complexity index is 1170. The zero-order valence-electron chi connectivity index (χ0n) is 16.1. The van der Waals surface area contributed by atoms with Crippen LogP contribution in [0.15, 0.2) is 71.3 Å². The van der Waals surface area contributed by atoms with Crippen molar-refractivity contribution in [1.82, 2.24) is 19.9 Å². The van der Waals surface area contributed by atoms with E-state index in [0.717, 1.165) is 27.1 Å². The van der Waals surface area contributed by atoms with Crippen LogP contribution >= 0.6 is 15.9 Å². The average Bonchev–Trinajstić information content (AvgIpc) is 3.15. The molecule has 2 heterocycles. The van der Waals surface area contributed by atoms with E-state index in [-0.39, 0.29) is 5.91 Å². The lowest BCUT2D eigenvalue weighted by atomic mass is 10.2. The van der Waals surface area contributed by atoms with E-state index in [1.807, 2.05) is 78.1 Å². The van der Waals surface area contributed by atoms with E-state index >= 15 is 0 Å². The fraction of sp³-hybridized carbons (Fsp3) is 0.136. The largest absolute Gasteiger partial charge is 0.378 e. The van der Waals surface area contributed by atoms with Gasteiger partial charge in [-0.2, -0.15) is 0 Å². The number of carbonyl (C=O) groups excluding carboxylic acids is 1. The first kappa shape index (κ1) is 19.1. The second-order valence-electron chi connectivity index (χ2n) is 6.89.